The van der Waals surface area contributed by atoms with Crippen LogP contribution in [0.2, 0.25) is 0 Å². The number of aromatic amines is 1. The van der Waals surface area contributed by atoms with Crippen LogP contribution in [0.25, 0.3) is 16.6 Å². The second-order valence-electron chi connectivity index (χ2n) is 6.24. The van der Waals surface area contributed by atoms with E-state index in [0.717, 1.165) is 29.5 Å². The smallest absolute Gasteiger partial charge is 0.333 e. The van der Waals surface area contributed by atoms with Gasteiger partial charge in [-0.1, -0.05) is 26.2 Å². The van der Waals surface area contributed by atoms with E-state index in [4.69, 9.17) is 10.00 Å². The number of fused-ring (bicyclic) bond motifs is 1. The highest BCUT2D eigenvalue weighted by atomic mass is 16.5. The fourth-order valence-electron chi connectivity index (χ4n) is 2.78. The normalized spacial score (nSPS) is 10.7. The highest BCUT2D eigenvalue weighted by molar-refractivity contribution is 5.81. The van der Waals surface area contributed by atoms with Gasteiger partial charge in [0.25, 0.3) is 5.56 Å². The molecular formula is C20H20N4O3. The standard InChI is InChI=1S/C20H20N4O3/c1-2-3-4-5-8-27-17-6-7-18-14(10-17)9-16(12-22-18)24-13-15(11-21)19(25)23-20(24)26/h6-7,9-10,12-13H,2-5,8H2,1H3,(H,23,25,26). The van der Waals surface area contributed by atoms with Crippen molar-refractivity contribution in [1.82, 2.24) is 14.5 Å². The Morgan fingerprint density at radius 2 is 2.07 bits per heavy atom. The van der Waals surface area contributed by atoms with Gasteiger partial charge in [0.2, 0.25) is 0 Å². The predicted octanol–water partition coefficient (Wildman–Crippen LogP) is 2.90. The molecule has 2 heterocycles. The lowest BCUT2D eigenvalue weighted by Crippen LogP contribution is -2.30. The molecule has 0 radical (unpaired) electrons. The van der Waals surface area contributed by atoms with Crippen LogP contribution in [0, 0.1) is 11.3 Å². The van der Waals surface area contributed by atoms with Gasteiger partial charge in [-0.15, -0.1) is 0 Å². The van der Waals surface area contributed by atoms with Gasteiger partial charge >= 0.3 is 5.69 Å². The Labute approximate surface area is 155 Å². The van der Waals surface area contributed by atoms with Crippen molar-refractivity contribution in [1.29, 1.82) is 5.26 Å². The fraction of sp³-hybridized carbons (Fsp3) is 0.300. The van der Waals surface area contributed by atoms with Gasteiger partial charge in [-0.05, 0) is 30.7 Å². The van der Waals surface area contributed by atoms with E-state index in [1.165, 1.54) is 29.8 Å². The van der Waals surface area contributed by atoms with Crippen molar-refractivity contribution < 1.29 is 4.74 Å². The predicted molar refractivity (Wildman–Crippen MR) is 102 cm³/mol. The summed E-state index contributed by atoms with van der Waals surface area (Å²) < 4.78 is 6.99. The molecule has 0 amide bonds. The SMILES string of the molecule is CCCCCCOc1ccc2ncc(-n3cc(C#N)c(=O)[nH]c3=O)cc2c1. The molecule has 7 nitrogen and oxygen atoms in total. The number of nitrogens with one attached hydrogen (secondary N) is 1. The molecule has 0 aliphatic rings. The largest absolute Gasteiger partial charge is 0.494 e. The Morgan fingerprint density at radius 1 is 1.22 bits per heavy atom. The Hall–Kier alpha value is -3.40. The number of unbranched alkanes of at least 4 members (excludes halogenated alkanes) is 3. The summed E-state index contributed by atoms with van der Waals surface area (Å²) in [6.45, 7) is 2.82. The van der Waals surface area contributed by atoms with E-state index < -0.39 is 11.2 Å². The van der Waals surface area contributed by atoms with Crippen molar-refractivity contribution in [2.24, 2.45) is 0 Å². The minimum absolute atomic E-state index is 0.140. The molecular weight excluding hydrogens is 344 g/mol. The third-order valence-electron chi connectivity index (χ3n) is 4.25. The zero-order chi connectivity index (χ0) is 19.2. The van der Waals surface area contributed by atoms with Crippen LogP contribution in [0.3, 0.4) is 0 Å². The van der Waals surface area contributed by atoms with Gasteiger partial charge in [0, 0.05) is 11.6 Å². The molecule has 0 saturated carbocycles. The summed E-state index contributed by atoms with van der Waals surface area (Å²) in [5.74, 6) is 0.740. The Balaban J connectivity index is 1.89. The van der Waals surface area contributed by atoms with E-state index in [1.807, 2.05) is 18.2 Å². The number of aromatic nitrogens is 3. The molecule has 1 aromatic carbocycles. The molecule has 0 unspecified atom stereocenters. The third-order valence-corrected chi connectivity index (χ3v) is 4.25. The average Bonchev–Trinajstić information content (AvgIpc) is 2.67. The number of pyridine rings is 1. The van der Waals surface area contributed by atoms with Gasteiger partial charge in [0.1, 0.15) is 17.4 Å². The summed E-state index contributed by atoms with van der Waals surface area (Å²) in [5, 5.41) is 9.81. The lowest BCUT2D eigenvalue weighted by Gasteiger charge is -2.09. The van der Waals surface area contributed by atoms with Gasteiger partial charge < -0.3 is 4.74 Å². The molecule has 2 aromatic heterocycles. The maximum Gasteiger partial charge on any atom is 0.333 e. The number of nitrogens with zero attached hydrogens (tertiary/aromatic N) is 3. The molecule has 0 fully saturated rings. The molecule has 0 bridgehead atoms. The van der Waals surface area contributed by atoms with E-state index in [2.05, 4.69) is 16.9 Å². The van der Waals surface area contributed by atoms with Crippen molar-refractivity contribution in [2.45, 2.75) is 32.6 Å². The first-order chi connectivity index (χ1) is 13.1. The average molecular weight is 364 g/mol. The molecule has 0 aliphatic heterocycles. The first kappa shape index (κ1) is 18.4. The first-order valence-corrected chi connectivity index (χ1v) is 8.91. The summed E-state index contributed by atoms with van der Waals surface area (Å²) in [6, 6.07) is 9.14. The van der Waals surface area contributed by atoms with Crippen LogP contribution < -0.4 is 16.0 Å². The van der Waals surface area contributed by atoms with Gasteiger partial charge in [-0.25, -0.2) is 4.79 Å². The van der Waals surface area contributed by atoms with E-state index in [1.54, 1.807) is 12.1 Å². The summed E-state index contributed by atoms with van der Waals surface area (Å²) in [5.41, 5.74) is -0.246. The highest BCUT2D eigenvalue weighted by Crippen LogP contribution is 2.21. The number of nitriles is 1. The van der Waals surface area contributed by atoms with E-state index in [9.17, 15) is 9.59 Å². The number of hydrogen-bond donors (Lipinski definition) is 1. The molecule has 0 spiro atoms. The number of hydrogen-bond acceptors (Lipinski definition) is 5. The van der Waals surface area contributed by atoms with Crippen LogP contribution in [-0.2, 0) is 0 Å². The Bertz CT molecular complexity index is 1110. The molecule has 3 rings (SSSR count). The summed E-state index contributed by atoms with van der Waals surface area (Å²) >= 11 is 0. The zero-order valence-electron chi connectivity index (χ0n) is 15.1. The topological polar surface area (TPSA) is 101 Å². The van der Waals surface area contributed by atoms with Gasteiger partial charge in [0.05, 0.1) is 24.0 Å². The van der Waals surface area contributed by atoms with E-state index in [-0.39, 0.29) is 5.56 Å². The number of benzene rings is 1. The summed E-state index contributed by atoms with van der Waals surface area (Å²) in [7, 11) is 0. The maximum atomic E-state index is 12.1. The second-order valence-corrected chi connectivity index (χ2v) is 6.24. The van der Waals surface area contributed by atoms with Crippen LogP contribution in [0.4, 0.5) is 0 Å². The first-order valence-electron chi connectivity index (χ1n) is 8.91. The van der Waals surface area contributed by atoms with Crippen LogP contribution >= 0.6 is 0 Å². The van der Waals surface area contributed by atoms with Gasteiger partial charge in [0.15, 0.2) is 0 Å². The molecule has 27 heavy (non-hydrogen) atoms. The van der Waals surface area contributed by atoms with Crippen molar-refractivity contribution in [3.8, 4) is 17.5 Å². The minimum Gasteiger partial charge on any atom is -0.494 e. The monoisotopic (exact) mass is 364 g/mol. The fourth-order valence-corrected chi connectivity index (χ4v) is 2.78. The second kappa shape index (κ2) is 8.32. The quantitative estimate of drug-likeness (QED) is 0.650. The van der Waals surface area contributed by atoms with Crippen LogP contribution in [0.5, 0.6) is 5.75 Å². The molecule has 1 N–H and O–H groups in total. The molecule has 0 aliphatic carbocycles. The summed E-state index contributed by atoms with van der Waals surface area (Å²) in [6.07, 6.45) is 7.28. The van der Waals surface area contributed by atoms with Crippen LogP contribution in [-0.4, -0.2) is 21.1 Å². The molecule has 0 atom stereocenters. The Kier molecular flexibility index (Phi) is 5.67. The molecule has 7 heteroatoms. The number of rotatable bonds is 7. The highest BCUT2D eigenvalue weighted by Gasteiger charge is 2.08. The minimum atomic E-state index is -0.703. The van der Waals surface area contributed by atoms with Crippen LogP contribution in [0.1, 0.15) is 38.2 Å². The molecule has 138 valence electrons. The third kappa shape index (κ3) is 4.23. The molecule has 0 saturated heterocycles. The van der Waals surface area contributed by atoms with Crippen molar-refractivity contribution in [3.05, 3.63) is 63.1 Å². The van der Waals surface area contributed by atoms with Crippen molar-refractivity contribution >= 4 is 10.9 Å². The summed E-state index contributed by atoms with van der Waals surface area (Å²) in [4.78, 5) is 30.1. The molecule has 3 aromatic rings. The lowest BCUT2D eigenvalue weighted by atomic mass is 10.2. The Morgan fingerprint density at radius 3 is 2.85 bits per heavy atom. The van der Waals surface area contributed by atoms with Gasteiger partial charge in [-0.3, -0.25) is 19.3 Å². The van der Waals surface area contributed by atoms with E-state index >= 15 is 0 Å². The maximum absolute atomic E-state index is 12.1. The van der Waals surface area contributed by atoms with Crippen LogP contribution in [0.15, 0.2) is 46.2 Å². The van der Waals surface area contributed by atoms with Crippen molar-refractivity contribution in [3.63, 3.8) is 0 Å². The van der Waals surface area contributed by atoms with E-state index in [0.29, 0.717) is 12.3 Å². The lowest BCUT2D eigenvalue weighted by molar-refractivity contribution is 0.305. The van der Waals surface area contributed by atoms with Crippen molar-refractivity contribution in [2.75, 3.05) is 6.61 Å². The zero-order valence-corrected chi connectivity index (χ0v) is 15.1. The number of ether oxygens (including phenoxy) is 1. The number of H-pyrrole nitrogens is 1. The van der Waals surface area contributed by atoms with Gasteiger partial charge in [-0.2, -0.15) is 5.26 Å².